The highest BCUT2D eigenvalue weighted by Gasteiger charge is 2.23. The monoisotopic (exact) mass is 243 g/mol. The summed E-state index contributed by atoms with van der Waals surface area (Å²) in [6.07, 6.45) is -0.0990. The first kappa shape index (κ1) is 13.1. The molecule has 0 saturated carbocycles. The quantitative estimate of drug-likeness (QED) is 0.563. The van der Waals surface area contributed by atoms with Gasteiger partial charge in [-0.1, -0.05) is 0 Å². The molecule has 0 aliphatic carbocycles. The lowest BCUT2D eigenvalue weighted by atomic mass is 10.2. The van der Waals surface area contributed by atoms with E-state index in [-0.39, 0.29) is 0 Å². The second-order valence-corrected chi connectivity index (χ2v) is 3.82. The molecule has 0 radical (unpaired) electrons. The van der Waals surface area contributed by atoms with Gasteiger partial charge in [0.2, 0.25) is 0 Å². The molecule has 0 bridgehead atoms. The summed E-state index contributed by atoms with van der Waals surface area (Å²) in [4.78, 5) is 33.2. The minimum absolute atomic E-state index is 0.683. The Labute approximate surface area is 95.9 Å². The summed E-state index contributed by atoms with van der Waals surface area (Å²) in [5.74, 6) is 0. The van der Waals surface area contributed by atoms with E-state index in [2.05, 4.69) is 0 Å². The first-order valence-corrected chi connectivity index (χ1v) is 4.92. The maximum absolute atomic E-state index is 11.7. The lowest BCUT2D eigenvalue weighted by Crippen LogP contribution is -2.43. The van der Waals surface area contributed by atoms with Crippen LogP contribution < -0.4 is 11.2 Å². The Morgan fingerprint density at radius 3 is 2.35 bits per heavy atom. The summed E-state index contributed by atoms with van der Waals surface area (Å²) in [5, 5.41) is 20.0. The smallest absolute Gasteiger partial charge is 0.350 e. The number of hydrogen-bond acceptors (Lipinski definition) is 5. The molecular formula is C9H13N3O5. The van der Waals surface area contributed by atoms with Crippen LogP contribution >= 0.6 is 0 Å². The van der Waals surface area contributed by atoms with Gasteiger partial charge in [-0.15, -0.1) is 0 Å². The molecular weight excluding hydrogens is 230 g/mol. The van der Waals surface area contributed by atoms with E-state index in [1.54, 1.807) is 0 Å². The Morgan fingerprint density at radius 2 is 1.94 bits per heavy atom. The number of aliphatic hydroxyl groups is 1. The van der Waals surface area contributed by atoms with Gasteiger partial charge in [0, 0.05) is 7.05 Å². The van der Waals surface area contributed by atoms with Gasteiger partial charge < -0.3 is 5.11 Å². The van der Waals surface area contributed by atoms with Crippen molar-refractivity contribution in [1.82, 2.24) is 9.13 Å². The number of aliphatic hydroxyl groups excluding tert-OH is 1. The Hall–Kier alpha value is -1.96. The highest BCUT2D eigenvalue weighted by atomic mass is 16.6. The number of rotatable bonds is 3. The van der Waals surface area contributed by atoms with Crippen molar-refractivity contribution in [2.45, 2.75) is 26.0 Å². The topological polar surface area (TPSA) is 107 Å². The zero-order valence-electron chi connectivity index (χ0n) is 9.65. The molecule has 8 nitrogen and oxygen atoms in total. The predicted molar refractivity (Wildman–Crippen MR) is 59.0 cm³/mol. The van der Waals surface area contributed by atoms with Crippen molar-refractivity contribution >= 4 is 5.69 Å². The SMILES string of the molecule is CC(O)C(C)n1c(=O)c([N+](=O)[O-])cn(C)c1=O. The third kappa shape index (κ3) is 2.26. The van der Waals surface area contributed by atoms with Gasteiger partial charge in [-0.25, -0.2) is 9.36 Å². The van der Waals surface area contributed by atoms with Crippen LogP contribution in [0.5, 0.6) is 0 Å². The fraction of sp³-hybridized carbons (Fsp3) is 0.556. The summed E-state index contributed by atoms with van der Waals surface area (Å²) in [7, 11) is 1.31. The normalized spacial score (nSPS) is 14.4. The van der Waals surface area contributed by atoms with E-state index in [9.17, 15) is 24.8 Å². The molecule has 94 valence electrons. The van der Waals surface area contributed by atoms with Gasteiger partial charge in [0.15, 0.2) is 0 Å². The number of nitrogens with zero attached hydrogens (tertiary/aromatic N) is 3. The molecule has 0 amide bonds. The fourth-order valence-electron chi connectivity index (χ4n) is 1.37. The highest BCUT2D eigenvalue weighted by molar-refractivity contribution is 5.22. The molecule has 0 aliphatic heterocycles. The Bertz CT molecular complexity index is 557. The zero-order chi connectivity index (χ0) is 13.3. The van der Waals surface area contributed by atoms with Gasteiger partial charge in [-0.3, -0.25) is 19.5 Å². The molecule has 1 aromatic heterocycles. The van der Waals surface area contributed by atoms with E-state index in [0.29, 0.717) is 4.57 Å². The lowest BCUT2D eigenvalue weighted by molar-refractivity contribution is -0.387. The van der Waals surface area contributed by atoms with E-state index < -0.39 is 34.0 Å². The van der Waals surface area contributed by atoms with E-state index in [0.717, 1.165) is 10.8 Å². The van der Waals surface area contributed by atoms with Gasteiger partial charge in [0.05, 0.1) is 23.3 Å². The summed E-state index contributed by atoms with van der Waals surface area (Å²) in [6, 6.07) is -0.832. The minimum atomic E-state index is -1.01. The molecule has 8 heteroatoms. The number of aromatic nitrogens is 2. The standard InChI is InChI=1S/C9H13N3O5/c1-5(6(2)13)11-8(14)7(12(16)17)4-10(3)9(11)15/h4-6,13H,1-3H3. The van der Waals surface area contributed by atoms with Crippen molar-refractivity contribution in [1.29, 1.82) is 0 Å². The first-order valence-electron chi connectivity index (χ1n) is 4.92. The van der Waals surface area contributed by atoms with Crippen molar-refractivity contribution in [2.75, 3.05) is 0 Å². The van der Waals surface area contributed by atoms with Crippen LogP contribution in [0.15, 0.2) is 15.8 Å². The van der Waals surface area contributed by atoms with Crippen LogP contribution in [0.3, 0.4) is 0 Å². The van der Waals surface area contributed by atoms with Gasteiger partial charge in [0.1, 0.15) is 0 Å². The van der Waals surface area contributed by atoms with Crippen LogP contribution in [-0.2, 0) is 7.05 Å². The molecule has 0 spiro atoms. The van der Waals surface area contributed by atoms with Crippen molar-refractivity contribution in [3.05, 3.63) is 37.1 Å². The Balaban J connectivity index is 3.65. The number of hydrogen-bond donors (Lipinski definition) is 1. The predicted octanol–water partition coefficient (Wildman–Crippen LogP) is -0.603. The van der Waals surface area contributed by atoms with Crippen LogP contribution in [0.4, 0.5) is 5.69 Å². The van der Waals surface area contributed by atoms with E-state index in [1.165, 1.54) is 20.9 Å². The van der Waals surface area contributed by atoms with Crippen LogP contribution in [-0.4, -0.2) is 25.3 Å². The molecule has 0 aliphatic rings. The molecule has 1 heterocycles. The van der Waals surface area contributed by atoms with E-state index >= 15 is 0 Å². The van der Waals surface area contributed by atoms with Crippen LogP contribution in [0, 0.1) is 10.1 Å². The second kappa shape index (κ2) is 4.50. The summed E-state index contributed by atoms with van der Waals surface area (Å²) < 4.78 is 1.63. The summed E-state index contributed by atoms with van der Waals surface area (Å²) >= 11 is 0. The summed E-state index contributed by atoms with van der Waals surface area (Å²) in [6.45, 7) is 2.84. The number of nitro groups is 1. The molecule has 1 N–H and O–H groups in total. The molecule has 0 saturated heterocycles. The van der Waals surface area contributed by atoms with E-state index in [1.807, 2.05) is 0 Å². The minimum Gasteiger partial charge on any atom is -0.391 e. The first-order chi connectivity index (χ1) is 7.77. The maximum Gasteiger partial charge on any atom is 0.350 e. The highest BCUT2D eigenvalue weighted by Crippen LogP contribution is 2.07. The van der Waals surface area contributed by atoms with Crippen LogP contribution in [0.2, 0.25) is 0 Å². The molecule has 2 atom stereocenters. The van der Waals surface area contributed by atoms with E-state index in [4.69, 9.17) is 0 Å². The third-order valence-electron chi connectivity index (χ3n) is 2.56. The number of aryl methyl sites for hydroxylation is 1. The molecule has 2 unspecified atom stereocenters. The van der Waals surface area contributed by atoms with Crippen molar-refractivity contribution in [3.63, 3.8) is 0 Å². The molecule has 1 rings (SSSR count). The van der Waals surface area contributed by atoms with Gasteiger partial charge in [-0.2, -0.15) is 0 Å². The Morgan fingerprint density at radius 1 is 1.41 bits per heavy atom. The van der Waals surface area contributed by atoms with Gasteiger partial charge >= 0.3 is 16.9 Å². The lowest BCUT2D eigenvalue weighted by Gasteiger charge is -2.17. The zero-order valence-corrected chi connectivity index (χ0v) is 9.65. The third-order valence-corrected chi connectivity index (χ3v) is 2.56. The van der Waals surface area contributed by atoms with Crippen molar-refractivity contribution in [3.8, 4) is 0 Å². The van der Waals surface area contributed by atoms with Crippen LogP contribution in [0.25, 0.3) is 0 Å². The van der Waals surface area contributed by atoms with Gasteiger partial charge in [0.25, 0.3) is 0 Å². The molecule has 17 heavy (non-hydrogen) atoms. The maximum atomic E-state index is 11.7. The second-order valence-electron chi connectivity index (χ2n) is 3.82. The fourth-order valence-corrected chi connectivity index (χ4v) is 1.37. The Kier molecular flexibility index (Phi) is 3.47. The average Bonchev–Trinajstić information content (AvgIpc) is 2.22. The molecule has 0 aromatic carbocycles. The van der Waals surface area contributed by atoms with Crippen LogP contribution in [0.1, 0.15) is 19.9 Å². The van der Waals surface area contributed by atoms with Crippen molar-refractivity contribution < 1.29 is 10.0 Å². The van der Waals surface area contributed by atoms with Gasteiger partial charge in [-0.05, 0) is 13.8 Å². The molecule has 1 aromatic rings. The molecule has 0 fully saturated rings. The largest absolute Gasteiger partial charge is 0.391 e. The van der Waals surface area contributed by atoms with Crippen molar-refractivity contribution in [2.24, 2.45) is 7.05 Å². The summed E-state index contributed by atoms with van der Waals surface area (Å²) in [5.41, 5.74) is -2.40. The average molecular weight is 243 g/mol.